The van der Waals surface area contributed by atoms with Gasteiger partial charge in [0.25, 0.3) is 0 Å². The number of hydrogen-bond acceptors (Lipinski definition) is 0. The van der Waals surface area contributed by atoms with Gasteiger partial charge in [-0.3, -0.25) is 4.48 Å². The Labute approximate surface area is 69.0 Å². The van der Waals surface area contributed by atoms with Crippen LogP contribution in [0.3, 0.4) is 0 Å². The highest BCUT2D eigenvalue weighted by Gasteiger charge is 1.97. The van der Waals surface area contributed by atoms with Crippen molar-refractivity contribution in [3.63, 3.8) is 0 Å². The molecule has 0 bridgehead atoms. The number of nitrogens with zero attached hydrogens (tertiary/aromatic N) is 1. The molecule has 0 amide bonds. The largest absolute Gasteiger partial charge is 0.253 e. The monoisotopic (exact) mass is 146 g/mol. The smallest absolute Gasteiger partial charge is 0.150 e. The molecule has 0 saturated heterocycles. The van der Waals surface area contributed by atoms with Gasteiger partial charge in [-0.25, -0.2) is 0 Å². The fourth-order valence-corrected chi connectivity index (χ4v) is 0.321. The molecule has 0 rings (SSSR count). The van der Waals surface area contributed by atoms with Crippen LogP contribution in [0.1, 0.15) is 6.92 Å². The molecule has 0 aromatic rings. The predicted molar refractivity (Wildman–Crippen MR) is 47.0 cm³/mol. The lowest BCUT2D eigenvalue weighted by Gasteiger charge is -2.11. The van der Waals surface area contributed by atoms with Gasteiger partial charge in [0, 0.05) is 5.92 Å². The lowest BCUT2D eigenvalue weighted by atomic mass is 10.5. The van der Waals surface area contributed by atoms with E-state index >= 15 is 0 Å². The Bertz CT molecular complexity index is 285. The summed E-state index contributed by atoms with van der Waals surface area (Å²) in [5.74, 6) is 13.3. The first kappa shape index (κ1) is 9.64. The molecule has 0 aromatic carbocycles. The van der Waals surface area contributed by atoms with Crippen LogP contribution in [0.4, 0.5) is 0 Å². The molecule has 0 spiro atoms. The highest BCUT2D eigenvalue weighted by molar-refractivity contribution is 5.34. The van der Waals surface area contributed by atoms with Crippen molar-refractivity contribution in [1.82, 2.24) is 0 Å². The Kier molecular flexibility index (Phi) is 3.90. The van der Waals surface area contributed by atoms with Crippen molar-refractivity contribution in [3.05, 3.63) is 0 Å². The van der Waals surface area contributed by atoms with Gasteiger partial charge in [0.05, 0.1) is 27.1 Å². The van der Waals surface area contributed by atoms with Gasteiger partial charge in [-0.15, -0.1) is 0 Å². The van der Waals surface area contributed by atoms with Crippen molar-refractivity contribution in [2.45, 2.75) is 6.92 Å². The van der Waals surface area contributed by atoms with Crippen molar-refractivity contribution in [1.29, 1.82) is 0 Å². The van der Waals surface area contributed by atoms with Crippen molar-refractivity contribution in [3.8, 4) is 35.6 Å². The minimum absolute atomic E-state index is 0.605. The van der Waals surface area contributed by atoms with Crippen LogP contribution in [0.2, 0.25) is 0 Å². The first-order valence-electron chi connectivity index (χ1n) is 3.32. The second-order valence-corrected chi connectivity index (χ2v) is 2.87. The summed E-state index contributed by atoms with van der Waals surface area (Å²) in [6, 6.07) is 2.93. The van der Waals surface area contributed by atoms with Crippen LogP contribution in [-0.4, -0.2) is 25.6 Å². The Balaban J connectivity index is 4.12. The quantitative estimate of drug-likeness (QED) is 0.348. The summed E-state index contributed by atoms with van der Waals surface area (Å²) in [5.41, 5.74) is 0. The fraction of sp³-hybridized carbons (Fsp3) is 0.400. The maximum Gasteiger partial charge on any atom is 0.150 e. The van der Waals surface area contributed by atoms with Crippen LogP contribution in [0.25, 0.3) is 0 Å². The van der Waals surface area contributed by atoms with Crippen LogP contribution < -0.4 is 0 Å². The molecule has 0 unspecified atom stereocenters. The van der Waals surface area contributed by atoms with Gasteiger partial charge in [0.1, 0.15) is 0 Å². The van der Waals surface area contributed by atoms with E-state index in [4.69, 9.17) is 0 Å². The molecule has 11 heavy (non-hydrogen) atoms. The van der Waals surface area contributed by atoms with Gasteiger partial charge in [0.15, 0.2) is 6.04 Å². The summed E-state index contributed by atoms with van der Waals surface area (Å²) in [6.07, 6.45) is 0. The van der Waals surface area contributed by atoms with Crippen molar-refractivity contribution in [2.24, 2.45) is 0 Å². The van der Waals surface area contributed by atoms with Gasteiger partial charge in [0.2, 0.25) is 0 Å². The van der Waals surface area contributed by atoms with E-state index in [1.165, 1.54) is 0 Å². The van der Waals surface area contributed by atoms with E-state index in [0.29, 0.717) is 4.48 Å². The summed E-state index contributed by atoms with van der Waals surface area (Å²) >= 11 is 0. The molecule has 0 N–H and O–H groups in total. The zero-order valence-electron chi connectivity index (χ0n) is 7.45. The number of hydrogen-bond donors (Lipinski definition) is 0. The van der Waals surface area contributed by atoms with Crippen LogP contribution in [0.5, 0.6) is 0 Å². The Hall–Kier alpha value is -1.36. The third-order valence-corrected chi connectivity index (χ3v) is 0.704. The summed E-state index contributed by atoms with van der Waals surface area (Å²) < 4.78 is 0.605. The Morgan fingerprint density at radius 1 is 0.818 bits per heavy atom. The molecule has 0 aliphatic rings. The van der Waals surface area contributed by atoms with Crippen LogP contribution in [0, 0.1) is 35.6 Å². The molecule has 0 atom stereocenters. The maximum atomic E-state index is 2.93. The van der Waals surface area contributed by atoms with Gasteiger partial charge < -0.3 is 0 Å². The van der Waals surface area contributed by atoms with Crippen molar-refractivity contribution < 1.29 is 4.48 Å². The molecule has 0 radical (unpaired) electrons. The molecular formula is C10H12N+. The van der Waals surface area contributed by atoms with E-state index in [0.717, 1.165) is 0 Å². The Morgan fingerprint density at radius 3 is 1.82 bits per heavy atom. The lowest BCUT2D eigenvalue weighted by molar-refractivity contribution is -0.800. The summed E-state index contributed by atoms with van der Waals surface area (Å²) in [4.78, 5) is 0. The average molecular weight is 146 g/mol. The van der Waals surface area contributed by atoms with E-state index in [-0.39, 0.29) is 0 Å². The lowest BCUT2D eigenvalue weighted by Crippen LogP contribution is -2.27. The Morgan fingerprint density at radius 2 is 1.36 bits per heavy atom. The van der Waals surface area contributed by atoms with E-state index < -0.39 is 0 Å². The zero-order chi connectivity index (χ0) is 8.74. The maximum absolute atomic E-state index is 2.93. The van der Waals surface area contributed by atoms with E-state index in [1.807, 2.05) is 21.1 Å². The third kappa shape index (κ3) is 8.64. The SMILES string of the molecule is CC#CC#CC#C[N+](C)(C)C. The van der Waals surface area contributed by atoms with E-state index in [2.05, 4.69) is 35.6 Å². The second-order valence-electron chi connectivity index (χ2n) is 2.87. The highest BCUT2D eigenvalue weighted by Crippen LogP contribution is 1.81. The second kappa shape index (κ2) is 4.45. The minimum atomic E-state index is 0.605. The first-order valence-corrected chi connectivity index (χ1v) is 3.32. The third-order valence-electron chi connectivity index (χ3n) is 0.704. The standard InChI is InChI=1S/C10H12N/c1-5-6-7-8-9-10-11(2,3)4/h1-4H3/q+1. The molecule has 0 aromatic heterocycles. The molecule has 1 nitrogen and oxygen atoms in total. The summed E-state index contributed by atoms with van der Waals surface area (Å²) in [5, 5.41) is 0. The van der Waals surface area contributed by atoms with Crippen LogP contribution >= 0.6 is 0 Å². The van der Waals surface area contributed by atoms with E-state index in [9.17, 15) is 0 Å². The minimum Gasteiger partial charge on any atom is -0.253 e. The molecule has 56 valence electrons. The van der Waals surface area contributed by atoms with Gasteiger partial charge in [-0.05, 0) is 18.8 Å². The topological polar surface area (TPSA) is 0 Å². The van der Waals surface area contributed by atoms with E-state index in [1.54, 1.807) is 6.92 Å². The molecule has 0 fully saturated rings. The van der Waals surface area contributed by atoms with Crippen LogP contribution in [-0.2, 0) is 0 Å². The number of rotatable bonds is 0. The zero-order valence-corrected chi connectivity index (χ0v) is 7.45. The fourth-order valence-electron chi connectivity index (χ4n) is 0.321. The predicted octanol–water partition coefficient (Wildman–Crippen LogP) is 0.680. The normalized spacial score (nSPS) is 7.64. The summed E-state index contributed by atoms with van der Waals surface area (Å²) in [6.45, 7) is 1.75. The van der Waals surface area contributed by atoms with Gasteiger partial charge >= 0.3 is 0 Å². The first-order chi connectivity index (χ1) is 5.06. The number of quaternary nitrogens is 1. The average Bonchev–Trinajstić information content (AvgIpc) is 1.85. The highest BCUT2D eigenvalue weighted by atomic mass is 15.3. The van der Waals surface area contributed by atoms with Gasteiger partial charge in [-0.2, -0.15) is 0 Å². The molecule has 1 heteroatoms. The molecular weight excluding hydrogens is 134 g/mol. The summed E-state index contributed by atoms with van der Waals surface area (Å²) in [7, 11) is 5.96. The molecule has 0 saturated carbocycles. The van der Waals surface area contributed by atoms with Crippen molar-refractivity contribution >= 4 is 0 Å². The van der Waals surface area contributed by atoms with Crippen molar-refractivity contribution in [2.75, 3.05) is 21.1 Å². The molecule has 0 heterocycles. The molecule has 0 aliphatic heterocycles. The van der Waals surface area contributed by atoms with Crippen LogP contribution in [0.15, 0.2) is 0 Å². The molecule has 0 aliphatic carbocycles. The van der Waals surface area contributed by atoms with Gasteiger partial charge in [-0.1, -0.05) is 5.92 Å².